The fourth-order valence-corrected chi connectivity index (χ4v) is 6.18. The van der Waals surface area contributed by atoms with Gasteiger partial charge >= 0.3 is 0 Å². The van der Waals surface area contributed by atoms with Crippen LogP contribution in [0, 0.1) is 5.82 Å². The van der Waals surface area contributed by atoms with Crippen LogP contribution in [0.2, 0.25) is 0 Å². The van der Waals surface area contributed by atoms with Crippen molar-refractivity contribution in [3.8, 4) is 0 Å². The minimum atomic E-state index is -0.886. The zero-order chi connectivity index (χ0) is 22.8. The van der Waals surface area contributed by atoms with Crippen molar-refractivity contribution in [1.82, 2.24) is 4.90 Å². The number of thioether (sulfide) groups is 1. The van der Waals surface area contributed by atoms with Gasteiger partial charge in [0.05, 0.1) is 25.7 Å². The van der Waals surface area contributed by atoms with E-state index < -0.39 is 5.54 Å². The van der Waals surface area contributed by atoms with Gasteiger partial charge in [-0.25, -0.2) is 4.39 Å². The van der Waals surface area contributed by atoms with E-state index in [9.17, 15) is 14.0 Å². The molecule has 0 bridgehead atoms. The van der Waals surface area contributed by atoms with Crippen molar-refractivity contribution in [3.63, 3.8) is 0 Å². The van der Waals surface area contributed by atoms with E-state index in [1.807, 2.05) is 36.0 Å². The van der Waals surface area contributed by atoms with Crippen LogP contribution in [0.3, 0.4) is 0 Å². The molecule has 3 heterocycles. The maximum Gasteiger partial charge on any atom is 0.250 e. The quantitative estimate of drug-likeness (QED) is 0.675. The van der Waals surface area contributed by atoms with Crippen LogP contribution in [0.5, 0.6) is 0 Å². The van der Waals surface area contributed by atoms with Gasteiger partial charge in [-0.1, -0.05) is 12.1 Å². The fraction of sp³-hybridized carbons (Fsp3) is 0.440. The number of β-lactam (4-membered cyclic amide) rings is 1. The van der Waals surface area contributed by atoms with Gasteiger partial charge in [0.15, 0.2) is 0 Å². The van der Waals surface area contributed by atoms with Crippen LogP contribution in [0.15, 0.2) is 48.5 Å². The molecule has 2 aromatic rings. The second-order valence-electron chi connectivity index (χ2n) is 8.78. The standard InChI is InChI=1S/C25H28FN3O3S/c26-19-3-1-18(2-4-19)22-17-23(30)29(22)25(9-15-33-16-10-25)24(31)27-20-5-7-21(8-6-20)28-11-13-32-14-12-28/h1-8,22H,9-17H2,(H,27,31). The lowest BCUT2D eigenvalue weighted by molar-refractivity contribution is -0.164. The first-order valence-corrected chi connectivity index (χ1v) is 12.6. The number of likely N-dealkylation sites (tertiary alicyclic amines) is 1. The summed E-state index contributed by atoms with van der Waals surface area (Å²) in [4.78, 5) is 30.5. The molecule has 0 saturated carbocycles. The topological polar surface area (TPSA) is 61.9 Å². The summed E-state index contributed by atoms with van der Waals surface area (Å²) >= 11 is 1.81. The lowest BCUT2D eigenvalue weighted by atomic mass is 9.80. The lowest BCUT2D eigenvalue weighted by Crippen LogP contribution is -2.66. The molecular weight excluding hydrogens is 441 g/mol. The molecule has 5 rings (SSSR count). The van der Waals surface area contributed by atoms with E-state index in [-0.39, 0.29) is 23.7 Å². The predicted octanol–water partition coefficient (Wildman–Crippen LogP) is 3.84. The molecule has 0 radical (unpaired) electrons. The minimum absolute atomic E-state index is 0.0194. The van der Waals surface area contributed by atoms with E-state index in [0.717, 1.165) is 54.7 Å². The monoisotopic (exact) mass is 469 g/mol. The summed E-state index contributed by atoms with van der Waals surface area (Å²) in [5.74, 6) is 1.18. The number of benzene rings is 2. The zero-order valence-corrected chi connectivity index (χ0v) is 19.3. The van der Waals surface area contributed by atoms with Gasteiger partial charge < -0.3 is 19.9 Å². The normalized spacial score (nSPS) is 22.6. The number of morpholine rings is 1. The number of ether oxygens (including phenoxy) is 1. The summed E-state index contributed by atoms with van der Waals surface area (Å²) in [6.07, 6.45) is 1.57. The molecule has 2 amide bonds. The summed E-state index contributed by atoms with van der Waals surface area (Å²) < 4.78 is 18.9. The number of hydrogen-bond donors (Lipinski definition) is 1. The molecule has 3 fully saturated rings. The lowest BCUT2D eigenvalue weighted by Gasteiger charge is -2.53. The molecule has 0 aromatic heterocycles. The Labute approximate surface area is 197 Å². The molecular formula is C25H28FN3O3S. The van der Waals surface area contributed by atoms with E-state index in [1.165, 1.54) is 12.1 Å². The third kappa shape index (κ3) is 4.34. The second-order valence-corrected chi connectivity index (χ2v) is 10.0. The average molecular weight is 470 g/mol. The second kappa shape index (κ2) is 9.35. The summed E-state index contributed by atoms with van der Waals surface area (Å²) in [7, 11) is 0. The molecule has 0 spiro atoms. The molecule has 1 unspecified atom stereocenters. The van der Waals surface area contributed by atoms with Gasteiger partial charge in [0.25, 0.3) is 0 Å². The summed E-state index contributed by atoms with van der Waals surface area (Å²) in [5, 5.41) is 3.09. The molecule has 8 heteroatoms. The number of amides is 2. The SMILES string of the molecule is O=C1CC(c2ccc(F)cc2)N1C1(C(=O)Nc2ccc(N3CCOCC3)cc2)CCSCC1. The van der Waals surface area contributed by atoms with Crippen LogP contribution in [-0.4, -0.2) is 60.1 Å². The van der Waals surface area contributed by atoms with E-state index >= 15 is 0 Å². The summed E-state index contributed by atoms with van der Waals surface area (Å²) in [6, 6.07) is 13.9. The highest BCUT2D eigenvalue weighted by Crippen LogP contribution is 2.46. The minimum Gasteiger partial charge on any atom is -0.378 e. The molecule has 2 aromatic carbocycles. The zero-order valence-electron chi connectivity index (χ0n) is 18.5. The average Bonchev–Trinajstić information content (AvgIpc) is 2.85. The van der Waals surface area contributed by atoms with Crippen LogP contribution >= 0.6 is 11.8 Å². The van der Waals surface area contributed by atoms with Gasteiger partial charge in [-0.3, -0.25) is 9.59 Å². The molecule has 3 saturated heterocycles. The first kappa shape index (κ1) is 22.2. The van der Waals surface area contributed by atoms with E-state index in [0.29, 0.717) is 19.3 Å². The van der Waals surface area contributed by atoms with Gasteiger partial charge in [0.1, 0.15) is 11.4 Å². The van der Waals surface area contributed by atoms with Crippen LogP contribution in [0.25, 0.3) is 0 Å². The van der Waals surface area contributed by atoms with Crippen molar-refractivity contribution in [3.05, 3.63) is 59.9 Å². The number of nitrogens with zero attached hydrogens (tertiary/aromatic N) is 2. The van der Waals surface area contributed by atoms with Crippen molar-refractivity contribution in [2.24, 2.45) is 0 Å². The van der Waals surface area contributed by atoms with Crippen LogP contribution in [-0.2, 0) is 14.3 Å². The molecule has 6 nitrogen and oxygen atoms in total. The highest BCUT2D eigenvalue weighted by molar-refractivity contribution is 7.99. The summed E-state index contributed by atoms with van der Waals surface area (Å²) in [6.45, 7) is 3.15. The highest BCUT2D eigenvalue weighted by atomic mass is 32.2. The van der Waals surface area contributed by atoms with Crippen molar-refractivity contribution >= 4 is 35.0 Å². The highest BCUT2D eigenvalue weighted by Gasteiger charge is 2.55. The van der Waals surface area contributed by atoms with Gasteiger partial charge in [0.2, 0.25) is 11.8 Å². The summed E-state index contributed by atoms with van der Waals surface area (Å²) in [5.41, 5.74) is 1.81. The van der Waals surface area contributed by atoms with Gasteiger partial charge in [0, 0.05) is 24.5 Å². The van der Waals surface area contributed by atoms with E-state index in [2.05, 4.69) is 10.2 Å². The Morgan fingerprint density at radius 2 is 1.70 bits per heavy atom. The number of rotatable bonds is 5. The maximum absolute atomic E-state index is 13.7. The van der Waals surface area contributed by atoms with Crippen LogP contribution in [0.4, 0.5) is 15.8 Å². The van der Waals surface area contributed by atoms with Crippen LogP contribution in [0.1, 0.15) is 30.9 Å². The van der Waals surface area contributed by atoms with Crippen LogP contribution < -0.4 is 10.2 Å². The fourth-order valence-electron chi connectivity index (χ4n) is 5.02. The van der Waals surface area contributed by atoms with Crippen molar-refractivity contribution in [2.45, 2.75) is 30.8 Å². The van der Waals surface area contributed by atoms with Crippen molar-refractivity contribution in [2.75, 3.05) is 48.0 Å². The molecule has 33 heavy (non-hydrogen) atoms. The molecule has 1 N–H and O–H groups in total. The predicted molar refractivity (Wildman–Crippen MR) is 128 cm³/mol. The first-order chi connectivity index (χ1) is 16.1. The Balaban J connectivity index is 1.36. The molecule has 174 valence electrons. The number of halogens is 1. The van der Waals surface area contributed by atoms with Gasteiger partial charge in [-0.15, -0.1) is 0 Å². The Morgan fingerprint density at radius 3 is 2.33 bits per heavy atom. The van der Waals surface area contributed by atoms with Gasteiger partial charge in [-0.2, -0.15) is 11.8 Å². The van der Waals surface area contributed by atoms with Crippen molar-refractivity contribution in [1.29, 1.82) is 0 Å². The molecule has 0 aliphatic carbocycles. The number of carbonyl (C=O) groups is 2. The third-order valence-electron chi connectivity index (χ3n) is 6.91. The smallest absolute Gasteiger partial charge is 0.250 e. The van der Waals surface area contributed by atoms with E-state index in [4.69, 9.17) is 4.74 Å². The molecule has 3 aliphatic rings. The Morgan fingerprint density at radius 1 is 1.03 bits per heavy atom. The maximum atomic E-state index is 13.7. The third-order valence-corrected chi connectivity index (χ3v) is 7.89. The van der Waals surface area contributed by atoms with Gasteiger partial charge in [-0.05, 0) is 66.3 Å². The Hall–Kier alpha value is -2.58. The Bertz CT molecular complexity index is 1000. The number of carbonyl (C=O) groups excluding carboxylic acids is 2. The van der Waals surface area contributed by atoms with Crippen molar-refractivity contribution < 1.29 is 18.7 Å². The molecule has 3 aliphatic heterocycles. The Kier molecular flexibility index (Phi) is 6.29. The molecule has 1 atom stereocenters. The number of nitrogens with one attached hydrogen (secondary N) is 1. The van der Waals surface area contributed by atoms with E-state index in [1.54, 1.807) is 17.0 Å². The first-order valence-electron chi connectivity index (χ1n) is 11.5. The largest absolute Gasteiger partial charge is 0.378 e. The number of anilines is 2. The number of hydrogen-bond acceptors (Lipinski definition) is 5.